The number of ether oxygens (including phenoxy) is 1. The van der Waals surface area contributed by atoms with E-state index in [-0.39, 0.29) is 12.1 Å². The molecule has 0 bridgehead atoms. The fourth-order valence-corrected chi connectivity index (χ4v) is 3.63. The van der Waals surface area contributed by atoms with Crippen LogP contribution >= 0.6 is 0 Å². The van der Waals surface area contributed by atoms with Crippen LogP contribution in [0.25, 0.3) is 0 Å². The number of carbonyl (C=O) groups excluding carboxylic acids is 1. The molecule has 0 radical (unpaired) electrons. The molecule has 3 rings (SSSR count). The number of urea groups is 1. The van der Waals surface area contributed by atoms with E-state index in [1.54, 1.807) is 6.26 Å². The van der Waals surface area contributed by atoms with Gasteiger partial charge in [-0.1, -0.05) is 0 Å². The van der Waals surface area contributed by atoms with Crippen molar-refractivity contribution in [2.75, 3.05) is 45.9 Å². The predicted molar refractivity (Wildman–Crippen MR) is 92.0 cm³/mol. The lowest BCUT2D eigenvalue weighted by molar-refractivity contribution is 0.0248. The molecule has 2 fully saturated rings. The first-order chi connectivity index (χ1) is 11.7. The quantitative estimate of drug-likeness (QED) is 0.894. The SMILES string of the molecule is C[C@H](Cc1ccco1)NC(=O)N1CCC[C@H](CN2CCOCC2)C1. The highest BCUT2D eigenvalue weighted by Gasteiger charge is 2.26. The summed E-state index contributed by atoms with van der Waals surface area (Å²) in [6, 6.07) is 3.95. The van der Waals surface area contributed by atoms with E-state index < -0.39 is 0 Å². The zero-order valence-electron chi connectivity index (χ0n) is 14.6. The van der Waals surface area contributed by atoms with Gasteiger partial charge in [0.15, 0.2) is 0 Å². The number of hydrogen-bond donors (Lipinski definition) is 1. The lowest BCUT2D eigenvalue weighted by atomic mass is 9.97. The molecule has 3 heterocycles. The molecule has 1 aromatic heterocycles. The molecule has 24 heavy (non-hydrogen) atoms. The monoisotopic (exact) mass is 335 g/mol. The van der Waals surface area contributed by atoms with Crippen LogP contribution in [0.5, 0.6) is 0 Å². The van der Waals surface area contributed by atoms with Crippen LogP contribution in [-0.2, 0) is 11.2 Å². The number of carbonyl (C=O) groups is 1. The average Bonchev–Trinajstić information content (AvgIpc) is 3.09. The van der Waals surface area contributed by atoms with Crippen molar-refractivity contribution in [3.63, 3.8) is 0 Å². The van der Waals surface area contributed by atoms with Crippen LogP contribution in [0, 0.1) is 5.92 Å². The Bertz CT molecular complexity index is 500. The zero-order valence-corrected chi connectivity index (χ0v) is 14.6. The summed E-state index contributed by atoms with van der Waals surface area (Å²) >= 11 is 0. The minimum Gasteiger partial charge on any atom is -0.469 e. The molecule has 2 aliphatic rings. The minimum absolute atomic E-state index is 0.0562. The van der Waals surface area contributed by atoms with Crippen molar-refractivity contribution in [3.05, 3.63) is 24.2 Å². The largest absolute Gasteiger partial charge is 0.469 e. The molecule has 2 saturated heterocycles. The molecular formula is C18H29N3O3. The standard InChI is InChI=1S/C18H29N3O3/c1-15(12-17-5-3-9-24-17)19-18(22)21-6-2-4-16(14-21)13-20-7-10-23-11-8-20/h3,5,9,15-16H,2,4,6-8,10-14H2,1H3,(H,19,22)/t15-,16-/m1/s1. The number of amides is 2. The predicted octanol–water partition coefficient (Wildman–Crippen LogP) is 1.96. The second-order valence-corrected chi connectivity index (χ2v) is 7.00. The number of piperidine rings is 1. The molecule has 134 valence electrons. The third-order valence-corrected chi connectivity index (χ3v) is 4.88. The van der Waals surface area contributed by atoms with E-state index in [0.29, 0.717) is 5.92 Å². The molecule has 6 nitrogen and oxygen atoms in total. The van der Waals surface area contributed by atoms with Crippen LogP contribution in [-0.4, -0.2) is 67.8 Å². The van der Waals surface area contributed by atoms with Crippen molar-refractivity contribution in [1.29, 1.82) is 0 Å². The van der Waals surface area contributed by atoms with Crippen LogP contribution < -0.4 is 5.32 Å². The maximum Gasteiger partial charge on any atom is 0.317 e. The summed E-state index contributed by atoms with van der Waals surface area (Å²) in [4.78, 5) is 17.0. The Kier molecular flexibility index (Phi) is 6.15. The van der Waals surface area contributed by atoms with Crippen molar-refractivity contribution < 1.29 is 13.9 Å². The fraction of sp³-hybridized carbons (Fsp3) is 0.722. The van der Waals surface area contributed by atoms with Crippen LogP contribution in [0.15, 0.2) is 22.8 Å². The van der Waals surface area contributed by atoms with Crippen molar-refractivity contribution in [3.8, 4) is 0 Å². The molecule has 0 spiro atoms. The van der Waals surface area contributed by atoms with E-state index in [1.165, 1.54) is 6.42 Å². The number of morpholine rings is 1. The van der Waals surface area contributed by atoms with Crippen LogP contribution in [0.4, 0.5) is 4.79 Å². The van der Waals surface area contributed by atoms with Gasteiger partial charge in [-0.2, -0.15) is 0 Å². The maximum absolute atomic E-state index is 12.5. The third kappa shape index (κ3) is 4.98. The molecule has 0 unspecified atom stereocenters. The molecule has 2 amide bonds. The van der Waals surface area contributed by atoms with Gasteiger partial charge in [-0.3, -0.25) is 4.90 Å². The minimum atomic E-state index is 0.0562. The Labute approximate surface area is 144 Å². The number of likely N-dealkylation sites (tertiary alicyclic amines) is 1. The fourth-order valence-electron chi connectivity index (χ4n) is 3.63. The summed E-state index contributed by atoms with van der Waals surface area (Å²) in [6.45, 7) is 8.52. The maximum atomic E-state index is 12.5. The van der Waals surface area contributed by atoms with E-state index in [1.807, 2.05) is 24.0 Å². The first-order valence-electron chi connectivity index (χ1n) is 9.08. The van der Waals surface area contributed by atoms with E-state index in [2.05, 4.69) is 10.2 Å². The normalized spacial score (nSPS) is 23.9. The summed E-state index contributed by atoms with van der Waals surface area (Å²) in [5.74, 6) is 1.48. The highest BCUT2D eigenvalue weighted by Crippen LogP contribution is 2.18. The number of hydrogen-bond acceptors (Lipinski definition) is 4. The lowest BCUT2D eigenvalue weighted by Crippen LogP contribution is -2.50. The Morgan fingerprint density at radius 3 is 2.96 bits per heavy atom. The topological polar surface area (TPSA) is 58.0 Å². The Morgan fingerprint density at radius 1 is 1.38 bits per heavy atom. The summed E-state index contributed by atoms with van der Waals surface area (Å²) < 4.78 is 10.8. The summed E-state index contributed by atoms with van der Waals surface area (Å²) in [7, 11) is 0. The number of nitrogens with one attached hydrogen (secondary N) is 1. The van der Waals surface area contributed by atoms with Crippen LogP contribution in [0.2, 0.25) is 0 Å². The van der Waals surface area contributed by atoms with E-state index in [9.17, 15) is 4.79 Å². The Balaban J connectivity index is 1.43. The number of rotatable bonds is 5. The van der Waals surface area contributed by atoms with Crippen molar-refractivity contribution in [1.82, 2.24) is 15.1 Å². The van der Waals surface area contributed by atoms with Gasteiger partial charge in [0, 0.05) is 45.2 Å². The third-order valence-electron chi connectivity index (χ3n) is 4.88. The van der Waals surface area contributed by atoms with E-state index >= 15 is 0 Å². The van der Waals surface area contributed by atoms with Gasteiger partial charge in [-0.25, -0.2) is 4.79 Å². The average molecular weight is 335 g/mol. The summed E-state index contributed by atoms with van der Waals surface area (Å²) in [6.07, 6.45) is 4.70. The van der Waals surface area contributed by atoms with Gasteiger partial charge in [-0.15, -0.1) is 0 Å². The summed E-state index contributed by atoms with van der Waals surface area (Å²) in [5.41, 5.74) is 0. The molecule has 1 aromatic rings. The summed E-state index contributed by atoms with van der Waals surface area (Å²) in [5, 5.41) is 3.11. The number of nitrogens with zero attached hydrogens (tertiary/aromatic N) is 2. The second-order valence-electron chi connectivity index (χ2n) is 7.00. The Hall–Kier alpha value is -1.53. The zero-order chi connectivity index (χ0) is 16.8. The lowest BCUT2D eigenvalue weighted by Gasteiger charge is -2.37. The highest BCUT2D eigenvalue weighted by molar-refractivity contribution is 5.74. The van der Waals surface area contributed by atoms with Crippen LogP contribution in [0.1, 0.15) is 25.5 Å². The Morgan fingerprint density at radius 2 is 2.21 bits per heavy atom. The molecule has 6 heteroatoms. The van der Waals surface area contributed by atoms with Gasteiger partial charge in [0.1, 0.15) is 5.76 Å². The van der Waals surface area contributed by atoms with Crippen LogP contribution in [0.3, 0.4) is 0 Å². The molecule has 1 N–H and O–H groups in total. The first-order valence-corrected chi connectivity index (χ1v) is 9.08. The van der Waals surface area contributed by atoms with Crippen molar-refractivity contribution in [2.45, 2.75) is 32.2 Å². The van der Waals surface area contributed by atoms with Gasteiger partial charge >= 0.3 is 6.03 Å². The molecule has 2 atom stereocenters. The van der Waals surface area contributed by atoms with Gasteiger partial charge in [-0.05, 0) is 37.8 Å². The van der Waals surface area contributed by atoms with E-state index in [0.717, 1.165) is 64.5 Å². The molecule has 0 aromatic carbocycles. The molecule has 0 saturated carbocycles. The second kappa shape index (κ2) is 8.53. The molecular weight excluding hydrogens is 306 g/mol. The molecule has 0 aliphatic carbocycles. The number of furan rings is 1. The van der Waals surface area contributed by atoms with Gasteiger partial charge in [0.2, 0.25) is 0 Å². The smallest absolute Gasteiger partial charge is 0.317 e. The van der Waals surface area contributed by atoms with Gasteiger partial charge in [0.05, 0.1) is 19.5 Å². The highest BCUT2D eigenvalue weighted by atomic mass is 16.5. The van der Waals surface area contributed by atoms with Crippen molar-refractivity contribution >= 4 is 6.03 Å². The first kappa shape index (κ1) is 17.3. The van der Waals surface area contributed by atoms with Crippen molar-refractivity contribution in [2.24, 2.45) is 5.92 Å². The van der Waals surface area contributed by atoms with Gasteiger partial charge < -0.3 is 19.4 Å². The van der Waals surface area contributed by atoms with Gasteiger partial charge in [0.25, 0.3) is 0 Å². The van der Waals surface area contributed by atoms with E-state index in [4.69, 9.17) is 9.15 Å². The molecule has 2 aliphatic heterocycles.